The van der Waals surface area contributed by atoms with Crippen LogP contribution in [-0.4, -0.2) is 22.6 Å². The molecule has 1 aromatic heterocycles. The largest absolute Gasteiger partial charge is 0.421 e. The highest BCUT2D eigenvalue weighted by atomic mass is 35.5. The lowest BCUT2D eigenvalue weighted by atomic mass is 10.2. The van der Waals surface area contributed by atoms with Gasteiger partial charge in [-0.15, -0.1) is 10.2 Å². The first-order valence-electron chi connectivity index (χ1n) is 7.36. The van der Waals surface area contributed by atoms with Gasteiger partial charge in [-0.2, -0.15) is 0 Å². The SMILES string of the molecule is O=C(NCCc1nnc(-c2ccccc2Cl)o1)c1c(F)cccc1Cl. The highest BCUT2D eigenvalue weighted by molar-refractivity contribution is 6.34. The summed E-state index contributed by atoms with van der Waals surface area (Å²) in [5.41, 5.74) is 0.441. The maximum absolute atomic E-state index is 13.7. The summed E-state index contributed by atoms with van der Waals surface area (Å²) in [5.74, 6) is -0.656. The zero-order valence-electron chi connectivity index (χ0n) is 12.8. The third-order valence-corrected chi connectivity index (χ3v) is 4.03. The van der Waals surface area contributed by atoms with Gasteiger partial charge in [-0.05, 0) is 24.3 Å². The van der Waals surface area contributed by atoms with Crippen LogP contribution in [0.15, 0.2) is 46.9 Å². The van der Waals surface area contributed by atoms with Gasteiger partial charge in [0.15, 0.2) is 0 Å². The standard InChI is InChI=1S/C17H12Cl2FN3O2/c18-11-5-2-1-4-10(11)17-23-22-14(25-17)8-9-21-16(24)15-12(19)6-3-7-13(15)20/h1-7H,8-9H2,(H,21,24). The fraction of sp³-hybridized carbons (Fsp3) is 0.118. The fourth-order valence-electron chi connectivity index (χ4n) is 2.18. The molecule has 3 rings (SSSR count). The van der Waals surface area contributed by atoms with Crippen LogP contribution in [0.25, 0.3) is 11.5 Å². The molecule has 8 heteroatoms. The van der Waals surface area contributed by atoms with Crippen LogP contribution in [0, 0.1) is 5.82 Å². The van der Waals surface area contributed by atoms with Gasteiger partial charge in [0, 0.05) is 13.0 Å². The van der Waals surface area contributed by atoms with E-state index in [2.05, 4.69) is 15.5 Å². The van der Waals surface area contributed by atoms with E-state index in [4.69, 9.17) is 27.6 Å². The number of carbonyl (C=O) groups is 1. The Morgan fingerprint density at radius 2 is 1.84 bits per heavy atom. The van der Waals surface area contributed by atoms with Gasteiger partial charge in [-0.1, -0.05) is 41.4 Å². The van der Waals surface area contributed by atoms with Crippen molar-refractivity contribution >= 4 is 29.1 Å². The molecular formula is C17H12Cl2FN3O2. The topological polar surface area (TPSA) is 68.0 Å². The van der Waals surface area contributed by atoms with Crippen molar-refractivity contribution in [2.75, 3.05) is 6.54 Å². The molecule has 0 saturated heterocycles. The summed E-state index contributed by atoms with van der Waals surface area (Å²) in [5, 5.41) is 11.0. The molecule has 1 N–H and O–H groups in total. The summed E-state index contributed by atoms with van der Waals surface area (Å²) < 4.78 is 19.2. The van der Waals surface area contributed by atoms with Crippen LogP contribution >= 0.6 is 23.2 Å². The molecule has 1 amide bonds. The van der Waals surface area contributed by atoms with Crippen LogP contribution in [0.3, 0.4) is 0 Å². The Labute approximate surface area is 152 Å². The van der Waals surface area contributed by atoms with E-state index in [1.165, 1.54) is 18.2 Å². The molecule has 0 fully saturated rings. The Hall–Kier alpha value is -2.44. The van der Waals surface area contributed by atoms with Gasteiger partial charge in [0.25, 0.3) is 5.91 Å². The molecule has 0 aliphatic heterocycles. The quantitative estimate of drug-likeness (QED) is 0.722. The van der Waals surface area contributed by atoms with E-state index in [0.29, 0.717) is 22.4 Å². The summed E-state index contributed by atoms with van der Waals surface area (Å²) in [7, 11) is 0. The second kappa shape index (κ2) is 7.63. The second-order valence-electron chi connectivity index (χ2n) is 5.08. The fourth-order valence-corrected chi connectivity index (χ4v) is 2.65. The van der Waals surface area contributed by atoms with Gasteiger partial charge in [-0.3, -0.25) is 4.79 Å². The number of carbonyl (C=O) groups excluding carboxylic acids is 1. The number of hydrogen-bond donors (Lipinski definition) is 1. The van der Waals surface area contributed by atoms with E-state index < -0.39 is 11.7 Å². The number of nitrogens with one attached hydrogen (secondary N) is 1. The summed E-state index contributed by atoms with van der Waals surface area (Å²) in [6, 6.07) is 11.2. The van der Waals surface area contributed by atoms with Gasteiger partial charge >= 0.3 is 0 Å². The number of amides is 1. The average molecular weight is 380 g/mol. The van der Waals surface area contributed by atoms with E-state index >= 15 is 0 Å². The molecule has 2 aromatic carbocycles. The molecule has 0 bridgehead atoms. The van der Waals surface area contributed by atoms with E-state index in [1.807, 2.05) is 6.07 Å². The zero-order chi connectivity index (χ0) is 17.8. The third kappa shape index (κ3) is 3.97. The lowest BCUT2D eigenvalue weighted by Gasteiger charge is -2.06. The van der Waals surface area contributed by atoms with Crippen LogP contribution in [0.2, 0.25) is 10.0 Å². The van der Waals surface area contributed by atoms with Crippen LogP contribution in [-0.2, 0) is 6.42 Å². The Morgan fingerprint density at radius 3 is 2.60 bits per heavy atom. The molecule has 5 nitrogen and oxygen atoms in total. The van der Waals surface area contributed by atoms with Crippen molar-refractivity contribution in [1.29, 1.82) is 0 Å². The Bertz CT molecular complexity index is 894. The van der Waals surface area contributed by atoms with Gasteiger partial charge in [-0.25, -0.2) is 4.39 Å². The number of rotatable bonds is 5. The lowest BCUT2D eigenvalue weighted by Crippen LogP contribution is -2.27. The molecule has 25 heavy (non-hydrogen) atoms. The van der Waals surface area contributed by atoms with E-state index in [0.717, 1.165) is 0 Å². The van der Waals surface area contributed by atoms with Crippen LogP contribution in [0.1, 0.15) is 16.2 Å². The van der Waals surface area contributed by atoms with Crippen molar-refractivity contribution in [3.05, 3.63) is 69.8 Å². The van der Waals surface area contributed by atoms with Crippen molar-refractivity contribution in [2.24, 2.45) is 0 Å². The van der Waals surface area contributed by atoms with Gasteiger partial charge < -0.3 is 9.73 Å². The first-order chi connectivity index (χ1) is 12.1. The molecule has 1 heterocycles. The first kappa shape index (κ1) is 17.4. The number of benzene rings is 2. The van der Waals surface area contributed by atoms with Crippen LogP contribution < -0.4 is 5.32 Å². The number of aromatic nitrogens is 2. The summed E-state index contributed by atoms with van der Waals surface area (Å²) in [6.45, 7) is 0.188. The second-order valence-corrected chi connectivity index (χ2v) is 5.90. The molecule has 128 valence electrons. The van der Waals surface area contributed by atoms with Crippen LogP contribution in [0.5, 0.6) is 0 Å². The Kier molecular flexibility index (Phi) is 5.31. The molecule has 3 aromatic rings. The molecule has 0 unspecified atom stereocenters. The van der Waals surface area contributed by atoms with E-state index in [9.17, 15) is 9.18 Å². The Morgan fingerprint density at radius 1 is 1.08 bits per heavy atom. The average Bonchev–Trinajstić information content (AvgIpc) is 3.04. The van der Waals surface area contributed by atoms with Gasteiger partial charge in [0.05, 0.1) is 21.2 Å². The number of halogens is 3. The maximum Gasteiger partial charge on any atom is 0.255 e. The molecule has 0 atom stereocenters. The van der Waals surface area contributed by atoms with Crippen molar-refractivity contribution in [3.8, 4) is 11.5 Å². The van der Waals surface area contributed by atoms with Gasteiger partial charge in [0.2, 0.25) is 11.8 Å². The molecule has 0 radical (unpaired) electrons. The monoisotopic (exact) mass is 379 g/mol. The van der Waals surface area contributed by atoms with Crippen molar-refractivity contribution in [2.45, 2.75) is 6.42 Å². The maximum atomic E-state index is 13.7. The van der Waals surface area contributed by atoms with Crippen LogP contribution in [0.4, 0.5) is 4.39 Å². The minimum absolute atomic E-state index is 0.0521. The lowest BCUT2D eigenvalue weighted by molar-refractivity contribution is 0.0950. The Balaban J connectivity index is 1.62. The molecule has 0 aliphatic carbocycles. The number of hydrogen-bond acceptors (Lipinski definition) is 4. The highest BCUT2D eigenvalue weighted by Crippen LogP contribution is 2.26. The summed E-state index contributed by atoms with van der Waals surface area (Å²) in [4.78, 5) is 12.0. The normalized spacial score (nSPS) is 10.7. The minimum atomic E-state index is -0.677. The molecular weight excluding hydrogens is 368 g/mol. The van der Waals surface area contributed by atoms with E-state index in [1.54, 1.807) is 18.2 Å². The predicted octanol–water partition coefficient (Wildman–Crippen LogP) is 4.16. The molecule has 0 saturated carbocycles. The zero-order valence-corrected chi connectivity index (χ0v) is 14.3. The first-order valence-corrected chi connectivity index (χ1v) is 8.11. The van der Waals surface area contributed by atoms with E-state index in [-0.39, 0.29) is 23.6 Å². The minimum Gasteiger partial charge on any atom is -0.421 e. The summed E-state index contributed by atoms with van der Waals surface area (Å²) in [6.07, 6.45) is 0.287. The van der Waals surface area contributed by atoms with Crippen molar-refractivity contribution in [1.82, 2.24) is 15.5 Å². The molecule has 0 aliphatic rings. The predicted molar refractivity (Wildman–Crippen MR) is 92.2 cm³/mol. The summed E-state index contributed by atoms with van der Waals surface area (Å²) >= 11 is 11.9. The van der Waals surface area contributed by atoms with Gasteiger partial charge in [0.1, 0.15) is 5.82 Å². The van der Waals surface area contributed by atoms with Crippen molar-refractivity contribution < 1.29 is 13.6 Å². The van der Waals surface area contributed by atoms with Crippen molar-refractivity contribution in [3.63, 3.8) is 0 Å². The highest BCUT2D eigenvalue weighted by Gasteiger charge is 2.16. The number of nitrogens with zero attached hydrogens (tertiary/aromatic N) is 2. The third-order valence-electron chi connectivity index (χ3n) is 3.39. The smallest absolute Gasteiger partial charge is 0.255 e. The molecule has 0 spiro atoms.